The lowest BCUT2D eigenvalue weighted by Gasteiger charge is -2.35. The van der Waals surface area contributed by atoms with E-state index in [4.69, 9.17) is 5.26 Å². The number of nitriles is 1. The normalized spacial score (nSPS) is 15.3. The summed E-state index contributed by atoms with van der Waals surface area (Å²) in [6.07, 6.45) is 6.47. The van der Waals surface area contributed by atoms with E-state index in [-0.39, 0.29) is 0 Å². The van der Waals surface area contributed by atoms with Crippen LogP contribution in [0.15, 0.2) is 61.1 Å². The van der Waals surface area contributed by atoms with Gasteiger partial charge < -0.3 is 14.4 Å². The van der Waals surface area contributed by atoms with E-state index in [1.165, 1.54) is 30.6 Å². The van der Waals surface area contributed by atoms with Crippen molar-refractivity contribution in [1.29, 1.82) is 5.26 Å². The van der Waals surface area contributed by atoms with Crippen LogP contribution in [0.5, 0.6) is 0 Å². The van der Waals surface area contributed by atoms with Gasteiger partial charge >= 0.3 is 0 Å². The van der Waals surface area contributed by atoms with Gasteiger partial charge in [0.1, 0.15) is 6.33 Å². The molecule has 4 heterocycles. The van der Waals surface area contributed by atoms with E-state index >= 15 is 0 Å². The van der Waals surface area contributed by atoms with Gasteiger partial charge in [-0.25, -0.2) is 0 Å². The molecule has 1 saturated heterocycles. The predicted molar refractivity (Wildman–Crippen MR) is 138 cm³/mol. The second-order valence-corrected chi connectivity index (χ2v) is 9.96. The first-order valence-corrected chi connectivity index (χ1v) is 12.2. The Balaban J connectivity index is 1.32. The van der Waals surface area contributed by atoms with Gasteiger partial charge in [0.2, 0.25) is 0 Å². The summed E-state index contributed by atoms with van der Waals surface area (Å²) in [6, 6.07) is 18.9. The topological polar surface area (TPSA) is 65.9 Å². The molecule has 2 aromatic heterocycles. The first kappa shape index (κ1) is 21.6. The Morgan fingerprint density at radius 1 is 1.03 bits per heavy atom. The second-order valence-electron chi connectivity index (χ2n) is 9.96. The van der Waals surface area contributed by atoms with E-state index < -0.39 is 0 Å². The van der Waals surface area contributed by atoms with E-state index in [0.29, 0.717) is 5.56 Å². The van der Waals surface area contributed by atoms with Gasteiger partial charge in [0.15, 0.2) is 5.82 Å². The Bertz CT molecular complexity index is 1400. The van der Waals surface area contributed by atoms with E-state index in [1.807, 2.05) is 30.6 Å². The summed E-state index contributed by atoms with van der Waals surface area (Å²) in [5.41, 5.74) is 7.61. The summed E-state index contributed by atoms with van der Waals surface area (Å²) < 4.78 is 4.37. The van der Waals surface area contributed by atoms with Crippen LogP contribution in [0.2, 0.25) is 0 Å². The van der Waals surface area contributed by atoms with Gasteiger partial charge in [0.25, 0.3) is 0 Å². The first-order valence-electron chi connectivity index (χ1n) is 12.2. The molecule has 35 heavy (non-hydrogen) atoms. The third-order valence-electron chi connectivity index (χ3n) is 7.29. The molecule has 0 unspecified atom stereocenters. The fourth-order valence-corrected chi connectivity index (χ4v) is 5.51. The van der Waals surface area contributed by atoms with E-state index in [2.05, 4.69) is 79.8 Å². The molecular formula is C28H29N7. The van der Waals surface area contributed by atoms with Gasteiger partial charge in [-0.1, -0.05) is 12.1 Å². The van der Waals surface area contributed by atoms with Crippen molar-refractivity contribution in [2.45, 2.75) is 19.4 Å². The Hall–Kier alpha value is -3.89. The third kappa shape index (κ3) is 4.00. The van der Waals surface area contributed by atoms with Crippen LogP contribution < -0.4 is 4.90 Å². The maximum absolute atomic E-state index is 9.13. The highest BCUT2D eigenvalue weighted by Crippen LogP contribution is 2.35. The number of piperidine rings is 1. The summed E-state index contributed by atoms with van der Waals surface area (Å²) >= 11 is 0. The molecule has 7 heteroatoms. The highest BCUT2D eigenvalue weighted by molar-refractivity contribution is 5.72. The molecule has 176 valence electrons. The fourth-order valence-electron chi connectivity index (χ4n) is 5.51. The number of benzene rings is 2. The Morgan fingerprint density at radius 2 is 1.83 bits per heavy atom. The molecule has 4 aromatic rings. The molecule has 0 amide bonds. The molecule has 2 aliphatic heterocycles. The minimum absolute atomic E-state index is 0.668. The average Bonchev–Trinajstić information content (AvgIpc) is 3.49. The van der Waals surface area contributed by atoms with Gasteiger partial charge in [0, 0.05) is 43.6 Å². The number of hydrogen-bond donors (Lipinski definition) is 0. The van der Waals surface area contributed by atoms with Crippen molar-refractivity contribution in [1.82, 2.24) is 24.2 Å². The molecule has 0 aliphatic carbocycles. The van der Waals surface area contributed by atoms with Crippen molar-refractivity contribution in [3.8, 4) is 34.4 Å². The zero-order valence-electron chi connectivity index (χ0n) is 20.2. The third-order valence-corrected chi connectivity index (χ3v) is 7.29. The highest BCUT2D eigenvalue weighted by atomic mass is 15.3. The molecular weight excluding hydrogens is 434 g/mol. The van der Waals surface area contributed by atoms with Crippen LogP contribution in [0, 0.1) is 17.2 Å². The van der Waals surface area contributed by atoms with Gasteiger partial charge in [-0.05, 0) is 80.4 Å². The molecule has 2 aliphatic rings. The van der Waals surface area contributed by atoms with Gasteiger partial charge in [-0.3, -0.25) is 4.57 Å². The minimum atomic E-state index is 0.668. The second kappa shape index (κ2) is 8.71. The Kier molecular flexibility index (Phi) is 5.39. The molecule has 1 fully saturated rings. The first-order chi connectivity index (χ1) is 17.1. The fraction of sp³-hybridized carbons (Fsp3) is 0.321. The average molecular weight is 464 g/mol. The molecule has 2 aromatic carbocycles. The molecule has 7 nitrogen and oxygen atoms in total. The molecule has 0 spiro atoms. The van der Waals surface area contributed by atoms with Crippen LogP contribution in [0.3, 0.4) is 0 Å². The Labute approximate surface area is 205 Å². The SMILES string of the molecule is CN(C)CC1CCN(c2ccc3c(c2)Cn2cc(-c4ccc(C#N)cc4)cc2-c2nncn2-3)CC1. The summed E-state index contributed by atoms with van der Waals surface area (Å²) in [7, 11) is 4.33. The van der Waals surface area contributed by atoms with Crippen LogP contribution in [-0.4, -0.2) is 58.0 Å². The molecule has 0 saturated carbocycles. The maximum atomic E-state index is 9.13. The zero-order chi connectivity index (χ0) is 23.9. The molecule has 6 rings (SSSR count). The van der Waals surface area contributed by atoms with Gasteiger partial charge in [0.05, 0.1) is 23.0 Å². The number of rotatable bonds is 4. The Morgan fingerprint density at radius 3 is 2.57 bits per heavy atom. The predicted octanol–water partition coefficient (Wildman–Crippen LogP) is 4.41. The van der Waals surface area contributed by atoms with Crippen LogP contribution in [0.1, 0.15) is 24.0 Å². The van der Waals surface area contributed by atoms with E-state index in [1.54, 1.807) is 0 Å². The van der Waals surface area contributed by atoms with Crippen LogP contribution >= 0.6 is 0 Å². The lowest BCUT2D eigenvalue weighted by Crippen LogP contribution is -2.37. The highest BCUT2D eigenvalue weighted by Gasteiger charge is 2.24. The number of nitrogens with zero attached hydrogens (tertiary/aromatic N) is 7. The largest absolute Gasteiger partial charge is 0.372 e. The van der Waals surface area contributed by atoms with Crippen molar-refractivity contribution in [3.05, 3.63) is 72.2 Å². The van der Waals surface area contributed by atoms with E-state index in [0.717, 1.165) is 53.9 Å². The monoisotopic (exact) mass is 463 g/mol. The van der Waals surface area contributed by atoms with Crippen molar-refractivity contribution in [2.75, 3.05) is 38.6 Å². The van der Waals surface area contributed by atoms with Crippen LogP contribution in [-0.2, 0) is 6.54 Å². The summed E-state index contributed by atoms with van der Waals surface area (Å²) in [4.78, 5) is 4.84. The van der Waals surface area contributed by atoms with Crippen molar-refractivity contribution in [3.63, 3.8) is 0 Å². The van der Waals surface area contributed by atoms with Crippen molar-refractivity contribution < 1.29 is 0 Å². The summed E-state index contributed by atoms with van der Waals surface area (Å²) in [5, 5.41) is 17.8. The summed E-state index contributed by atoms with van der Waals surface area (Å²) in [6.45, 7) is 4.15. The lowest BCUT2D eigenvalue weighted by molar-refractivity contribution is 0.285. The minimum Gasteiger partial charge on any atom is -0.372 e. The van der Waals surface area contributed by atoms with Gasteiger partial charge in [-0.15, -0.1) is 10.2 Å². The zero-order valence-corrected chi connectivity index (χ0v) is 20.2. The van der Waals surface area contributed by atoms with Crippen LogP contribution in [0.4, 0.5) is 5.69 Å². The lowest BCUT2D eigenvalue weighted by atomic mass is 9.96. The smallest absolute Gasteiger partial charge is 0.185 e. The molecule has 0 atom stereocenters. The molecule has 0 radical (unpaired) electrons. The number of fused-ring (bicyclic) bond motifs is 5. The molecule has 0 N–H and O–H groups in total. The van der Waals surface area contributed by atoms with Crippen LogP contribution in [0.25, 0.3) is 28.3 Å². The molecule has 0 bridgehead atoms. The quantitative estimate of drug-likeness (QED) is 0.395. The van der Waals surface area contributed by atoms with Gasteiger partial charge in [-0.2, -0.15) is 5.26 Å². The number of hydrogen-bond acceptors (Lipinski definition) is 5. The maximum Gasteiger partial charge on any atom is 0.185 e. The van der Waals surface area contributed by atoms with Crippen molar-refractivity contribution in [2.24, 2.45) is 5.92 Å². The van der Waals surface area contributed by atoms with Crippen molar-refractivity contribution >= 4 is 5.69 Å². The number of aromatic nitrogens is 4. The van der Waals surface area contributed by atoms with E-state index in [9.17, 15) is 0 Å². The standard InChI is InChI=1S/C28H29N7/c1-32(2)16-21-9-11-33(12-10-21)25-7-8-26-24(13-25)18-34-17-23(22-5-3-20(15-29)4-6-22)14-27(34)28-31-30-19-35(26)28/h3-8,13-14,17,19,21H,9-12,16,18H2,1-2H3. The number of anilines is 1. The summed E-state index contributed by atoms with van der Waals surface area (Å²) in [5.74, 6) is 1.63.